The lowest BCUT2D eigenvalue weighted by Crippen LogP contribution is -2.34. The van der Waals surface area contributed by atoms with Crippen molar-refractivity contribution in [1.29, 1.82) is 0 Å². The predicted octanol–water partition coefficient (Wildman–Crippen LogP) is 4.33. The molecule has 0 bridgehead atoms. The van der Waals surface area contributed by atoms with E-state index in [4.69, 9.17) is 21.1 Å². The van der Waals surface area contributed by atoms with E-state index in [1.54, 1.807) is 12.1 Å². The average Bonchev–Trinajstić information content (AvgIpc) is 3.29. The number of hydrogen-bond acceptors (Lipinski definition) is 7. The van der Waals surface area contributed by atoms with Crippen LogP contribution in [0.25, 0.3) is 10.9 Å². The van der Waals surface area contributed by atoms with E-state index < -0.39 is 12.0 Å². The van der Waals surface area contributed by atoms with Crippen molar-refractivity contribution >= 4 is 39.7 Å². The normalized spacial score (nSPS) is 17.1. The van der Waals surface area contributed by atoms with Crippen LogP contribution in [-0.2, 0) is 4.74 Å². The summed E-state index contributed by atoms with van der Waals surface area (Å²) in [6.45, 7) is 1.92. The van der Waals surface area contributed by atoms with Gasteiger partial charge in [-0.1, -0.05) is 11.6 Å². The Morgan fingerprint density at radius 2 is 2.11 bits per heavy atom. The molecule has 0 spiro atoms. The summed E-state index contributed by atoms with van der Waals surface area (Å²) in [5.74, 6) is 0.564. The zero-order valence-corrected chi connectivity index (χ0v) is 20.7. The summed E-state index contributed by atoms with van der Waals surface area (Å²) in [5, 5.41) is 17.6. The highest BCUT2D eigenvalue weighted by molar-refractivity contribution is 6.31. The van der Waals surface area contributed by atoms with Crippen LogP contribution in [-0.4, -0.2) is 72.8 Å². The predicted molar refractivity (Wildman–Crippen MR) is 136 cm³/mol. The highest BCUT2D eigenvalue weighted by atomic mass is 35.5. The lowest BCUT2D eigenvalue weighted by atomic mass is 10.1. The van der Waals surface area contributed by atoms with Crippen molar-refractivity contribution in [2.75, 3.05) is 51.5 Å². The third-order valence-corrected chi connectivity index (χ3v) is 5.67. The first-order chi connectivity index (χ1) is 16.7. The van der Waals surface area contributed by atoms with E-state index in [1.807, 2.05) is 18.2 Å². The smallest absolute Gasteiger partial charge is 0.145 e. The molecular formula is C25H30ClFN5O3+. The molecule has 186 valence electrons. The topological polar surface area (TPSA) is 88.5 Å². The Morgan fingerprint density at radius 3 is 2.83 bits per heavy atom. The van der Waals surface area contributed by atoms with Gasteiger partial charge in [-0.25, -0.2) is 14.4 Å². The van der Waals surface area contributed by atoms with Crippen LogP contribution >= 0.6 is 11.6 Å². The van der Waals surface area contributed by atoms with Crippen molar-refractivity contribution in [1.82, 2.24) is 9.97 Å². The Hall–Kier alpha value is -2.98. The molecule has 1 aliphatic rings. The number of aromatic nitrogens is 2. The number of fused-ring (bicyclic) bond motifs is 1. The zero-order valence-electron chi connectivity index (χ0n) is 20.0. The van der Waals surface area contributed by atoms with Gasteiger partial charge in [0.1, 0.15) is 36.0 Å². The van der Waals surface area contributed by atoms with Crippen molar-refractivity contribution in [2.24, 2.45) is 0 Å². The van der Waals surface area contributed by atoms with Gasteiger partial charge in [0.05, 0.1) is 57.1 Å². The van der Waals surface area contributed by atoms with Crippen molar-refractivity contribution in [3.8, 4) is 5.75 Å². The van der Waals surface area contributed by atoms with Crippen molar-refractivity contribution in [2.45, 2.75) is 18.8 Å². The van der Waals surface area contributed by atoms with Gasteiger partial charge in [0.15, 0.2) is 0 Å². The molecule has 10 heteroatoms. The molecular weight excluding hydrogens is 473 g/mol. The van der Waals surface area contributed by atoms with Crippen molar-refractivity contribution in [3.63, 3.8) is 0 Å². The van der Waals surface area contributed by atoms with Gasteiger partial charge < -0.3 is 29.7 Å². The first-order valence-corrected chi connectivity index (χ1v) is 11.7. The van der Waals surface area contributed by atoms with Crippen LogP contribution < -0.4 is 15.4 Å². The molecule has 0 amide bonds. The van der Waals surface area contributed by atoms with E-state index in [-0.39, 0.29) is 11.1 Å². The van der Waals surface area contributed by atoms with Gasteiger partial charge in [0.25, 0.3) is 0 Å². The number of aliphatic hydroxyl groups excluding tert-OH is 1. The Kier molecular flexibility index (Phi) is 7.71. The molecule has 1 aromatic heterocycles. The number of rotatable bonds is 9. The van der Waals surface area contributed by atoms with Gasteiger partial charge in [0, 0.05) is 23.6 Å². The van der Waals surface area contributed by atoms with E-state index in [0.29, 0.717) is 47.1 Å². The van der Waals surface area contributed by atoms with Crippen molar-refractivity contribution in [3.05, 3.63) is 59.7 Å². The third kappa shape index (κ3) is 6.79. The summed E-state index contributed by atoms with van der Waals surface area (Å²) < 4.78 is 26.0. The fraction of sp³-hybridized carbons (Fsp3) is 0.360. The van der Waals surface area contributed by atoms with E-state index in [1.165, 1.54) is 18.5 Å². The molecule has 1 unspecified atom stereocenters. The van der Waals surface area contributed by atoms with Crippen LogP contribution in [0.4, 0.5) is 21.6 Å². The van der Waals surface area contributed by atoms with Gasteiger partial charge in [-0.3, -0.25) is 0 Å². The highest BCUT2D eigenvalue weighted by Gasteiger charge is 2.21. The quantitative estimate of drug-likeness (QED) is 0.228. The standard InChI is InChI=1S/C25H30ClFN5O3/c1-32(2,3)9-4-5-24(33)31-22-12-18-21(13-23(22)35-17-8-10-34-14-17)28-15-29-25(18)30-16-6-7-20(27)19(26)11-16/h4-7,11-13,15,17,24,31,33H,8-10,14H2,1-3H3,(H,28,29,30)/q+1/b5-4+/t17-,24?/m0/s1. The highest BCUT2D eigenvalue weighted by Crippen LogP contribution is 2.35. The third-order valence-electron chi connectivity index (χ3n) is 5.38. The average molecular weight is 503 g/mol. The number of anilines is 3. The number of ether oxygens (including phenoxy) is 2. The lowest BCUT2D eigenvalue weighted by molar-refractivity contribution is -0.864. The molecule has 2 heterocycles. The van der Waals surface area contributed by atoms with Crippen molar-refractivity contribution < 1.29 is 23.5 Å². The molecule has 1 aliphatic heterocycles. The fourth-order valence-corrected chi connectivity index (χ4v) is 3.78. The first kappa shape index (κ1) is 25.1. The van der Waals surface area contributed by atoms with Crippen LogP contribution in [0, 0.1) is 5.82 Å². The number of nitrogens with zero attached hydrogens (tertiary/aromatic N) is 3. The molecule has 0 radical (unpaired) electrons. The second kappa shape index (κ2) is 10.7. The lowest BCUT2D eigenvalue weighted by Gasteiger charge is -2.22. The zero-order chi connectivity index (χ0) is 25.0. The second-order valence-electron chi connectivity index (χ2n) is 9.44. The number of likely N-dealkylation sites (N-methyl/N-ethyl adjacent to an activating group) is 1. The monoisotopic (exact) mass is 502 g/mol. The number of benzene rings is 2. The molecule has 2 aromatic carbocycles. The summed E-state index contributed by atoms with van der Waals surface area (Å²) in [6.07, 6.45) is 4.84. The summed E-state index contributed by atoms with van der Waals surface area (Å²) in [6, 6.07) is 7.99. The molecule has 8 nitrogen and oxygen atoms in total. The van der Waals surface area contributed by atoms with E-state index in [0.717, 1.165) is 17.4 Å². The molecule has 0 saturated carbocycles. The van der Waals surface area contributed by atoms with Gasteiger partial charge in [-0.15, -0.1) is 0 Å². The van der Waals surface area contributed by atoms with Gasteiger partial charge in [0.2, 0.25) is 0 Å². The first-order valence-electron chi connectivity index (χ1n) is 11.3. The minimum absolute atomic E-state index is 0.00831. The molecule has 3 aromatic rings. The molecule has 1 fully saturated rings. The second-order valence-corrected chi connectivity index (χ2v) is 9.84. The Morgan fingerprint density at radius 1 is 1.29 bits per heavy atom. The maximum absolute atomic E-state index is 13.6. The Bertz CT molecular complexity index is 1210. The number of hydrogen-bond donors (Lipinski definition) is 3. The largest absolute Gasteiger partial charge is 0.486 e. The summed E-state index contributed by atoms with van der Waals surface area (Å²) >= 11 is 5.93. The minimum atomic E-state index is -0.932. The SMILES string of the molecule is C[N+](C)(C)C/C=C/C(O)Nc1cc2c(Nc3ccc(F)c(Cl)c3)ncnc2cc1O[C@H]1CCOC1. The molecule has 0 aliphatic carbocycles. The summed E-state index contributed by atoms with van der Waals surface area (Å²) in [4.78, 5) is 8.75. The van der Waals surface area contributed by atoms with Crippen LogP contribution in [0.15, 0.2) is 48.8 Å². The number of aliphatic hydroxyl groups is 1. The summed E-state index contributed by atoms with van der Waals surface area (Å²) in [5.41, 5.74) is 1.81. The molecule has 35 heavy (non-hydrogen) atoms. The summed E-state index contributed by atoms with van der Waals surface area (Å²) in [7, 11) is 6.23. The van der Waals surface area contributed by atoms with Crippen LogP contribution in [0.1, 0.15) is 6.42 Å². The molecule has 1 saturated heterocycles. The van der Waals surface area contributed by atoms with Crippen LogP contribution in [0.2, 0.25) is 5.02 Å². The fourth-order valence-electron chi connectivity index (χ4n) is 3.60. The van der Waals surface area contributed by atoms with Crippen LogP contribution in [0.3, 0.4) is 0 Å². The number of halogens is 2. The maximum atomic E-state index is 13.6. The Balaban J connectivity index is 1.66. The van der Waals surface area contributed by atoms with Gasteiger partial charge in [-0.05, 0) is 36.4 Å². The Labute approximate surface area is 208 Å². The van der Waals surface area contributed by atoms with E-state index in [9.17, 15) is 9.50 Å². The van der Waals surface area contributed by atoms with Gasteiger partial charge in [-0.2, -0.15) is 0 Å². The molecule has 2 atom stereocenters. The minimum Gasteiger partial charge on any atom is -0.486 e. The van der Waals surface area contributed by atoms with Gasteiger partial charge >= 0.3 is 0 Å². The van der Waals surface area contributed by atoms with Crippen LogP contribution in [0.5, 0.6) is 5.75 Å². The molecule has 3 N–H and O–H groups in total. The molecule has 4 rings (SSSR count). The number of nitrogens with one attached hydrogen (secondary N) is 2. The van der Waals surface area contributed by atoms with E-state index in [2.05, 4.69) is 41.7 Å². The number of quaternary nitrogens is 1. The van der Waals surface area contributed by atoms with E-state index >= 15 is 0 Å². The maximum Gasteiger partial charge on any atom is 0.145 e.